The number of hydrogen-bond donors (Lipinski definition) is 2. The maximum Gasteiger partial charge on any atom is 0.341 e. The fraction of sp³-hybridized carbons (Fsp3) is 0.312. The van der Waals surface area contributed by atoms with Crippen molar-refractivity contribution in [3.63, 3.8) is 0 Å². The van der Waals surface area contributed by atoms with Crippen LogP contribution < -0.4 is 5.32 Å². The average molecular weight is 391 g/mol. The van der Waals surface area contributed by atoms with Gasteiger partial charge in [0.05, 0.1) is 24.3 Å². The van der Waals surface area contributed by atoms with Gasteiger partial charge in [-0.3, -0.25) is 4.79 Å². The molecule has 0 saturated carbocycles. The van der Waals surface area contributed by atoms with E-state index >= 15 is 0 Å². The summed E-state index contributed by atoms with van der Waals surface area (Å²) in [6, 6.07) is 0. The van der Waals surface area contributed by atoms with Crippen molar-refractivity contribution in [3.8, 4) is 0 Å². The number of aromatic nitrogens is 4. The molecule has 8 nitrogen and oxygen atoms in total. The number of nitrogens with zero attached hydrogens (tertiary/aromatic N) is 3. The quantitative estimate of drug-likeness (QED) is 0.378. The summed E-state index contributed by atoms with van der Waals surface area (Å²) in [5, 5.41) is 3.97. The van der Waals surface area contributed by atoms with Gasteiger partial charge in [0, 0.05) is 4.88 Å². The number of ether oxygens (including phenoxy) is 1. The zero-order valence-corrected chi connectivity index (χ0v) is 16.1. The third kappa shape index (κ3) is 3.70. The first-order valence-electron chi connectivity index (χ1n) is 7.85. The third-order valence-electron chi connectivity index (χ3n) is 3.65. The fourth-order valence-corrected chi connectivity index (χ4v) is 4.13. The van der Waals surface area contributed by atoms with E-state index in [1.165, 1.54) is 35.8 Å². The Bertz CT molecular complexity index is 966. The van der Waals surface area contributed by atoms with E-state index in [-0.39, 0.29) is 18.3 Å². The molecule has 2 N–H and O–H groups in total. The summed E-state index contributed by atoms with van der Waals surface area (Å²) >= 11 is 2.64. The minimum absolute atomic E-state index is 0.142. The number of aryl methyl sites for hydroxylation is 1. The number of hydrogen-bond acceptors (Lipinski definition) is 8. The van der Waals surface area contributed by atoms with Crippen molar-refractivity contribution in [2.24, 2.45) is 0 Å². The van der Waals surface area contributed by atoms with E-state index in [4.69, 9.17) is 4.74 Å². The molecule has 1 amide bonds. The number of H-pyrrole nitrogens is 1. The Morgan fingerprint density at radius 2 is 2.12 bits per heavy atom. The van der Waals surface area contributed by atoms with E-state index in [0.717, 1.165) is 10.4 Å². The van der Waals surface area contributed by atoms with Gasteiger partial charge >= 0.3 is 5.97 Å². The van der Waals surface area contributed by atoms with Gasteiger partial charge in [-0.05, 0) is 26.3 Å². The molecule has 0 fully saturated rings. The lowest BCUT2D eigenvalue weighted by molar-refractivity contribution is -0.113. The van der Waals surface area contributed by atoms with E-state index in [1.807, 2.05) is 13.8 Å². The highest BCUT2D eigenvalue weighted by Crippen LogP contribution is 2.33. The van der Waals surface area contributed by atoms with E-state index in [0.29, 0.717) is 26.8 Å². The van der Waals surface area contributed by atoms with E-state index < -0.39 is 5.97 Å². The van der Waals surface area contributed by atoms with Gasteiger partial charge in [-0.2, -0.15) is 0 Å². The predicted octanol–water partition coefficient (Wildman–Crippen LogP) is 2.94. The van der Waals surface area contributed by atoms with Crippen LogP contribution in [0, 0.1) is 13.8 Å². The number of imidazole rings is 1. The van der Waals surface area contributed by atoms with Crippen LogP contribution in [-0.2, 0) is 9.53 Å². The normalized spacial score (nSPS) is 10.9. The highest BCUT2D eigenvalue weighted by molar-refractivity contribution is 8.00. The van der Waals surface area contributed by atoms with Crippen LogP contribution in [0.4, 0.5) is 5.00 Å². The Hall–Kier alpha value is -2.46. The third-order valence-corrected chi connectivity index (χ3v) is 5.76. The zero-order valence-electron chi connectivity index (χ0n) is 14.5. The van der Waals surface area contributed by atoms with Crippen LogP contribution >= 0.6 is 23.1 Å². The van der Waals surface area contributed by atoms with E-state index in [9.17, 15) is 9.59 Å². The maximum absolute atomic E-state index is 12.4. The molecule has 0 bridgehead atoms. The summed E-state index contributed by atoms with van der Waals surface area (Å²) in [5.74, 6) is -0.510. The molecule has 0 saturated heterocycles. The van der Waals surface area contributed by atoms with Crippen molar-refractivity contribution in [3.05, 3.63) is 28.7 Å². The van der Waals surface area contributed by atoms with Crippen LogP contribution in [-0.4, -0.2) is 44.2 Å². The highest BCUT2D eigenvalue weighted by atomic mass is 32.2. The van der Waals surface area contributed by atoms with E-state index in [2.05, 4.69) is 25.3 Å². The first-order chi connectivity index (χ1) is 12.5. The fourth-order valence-electron chi connectivity index (χ4n) is 2.31. The summed E-state index contributed by atoms with van der Waals surface area (Å²) in [4.78, 5) is 40.8. The lowest BCUT2D eigenvalue weighted by Gasteiger charge is -2.07. The monoisotopic (exact) mass is 391 g/mol. The Morgan fingerprint density at radius 1 is 1.31 bits per heavy atom. The lowest BCUT2D eigenvalue weighted by Crippen LogP contribution is -2.16. The lowest BCUT2D eigenvalue weighted by atomic mass is 10.1. The first-order valence-corrected chi connectivity index (χ1v) is 9.65. The number of anilines is 1. The number of aromatic amines is 1. The molecule has 0 aliphatic carbocycles. The van der Waals surface area contributed by atoms with Crippen molar-refractivity contribution in [1.82, 2.24) is 19.9 Å². The SMILES string of the molecule is CCOC(=O)c1c(NC(=O)CSc2ncnc3nc[nH]c23)sc(C)c1C. The first kappa shape index (κ1) is 18.3. The van der Waals surface area contributed by atoms with Gasteiger partial charge in [-0.15, -0.1) is 11.3 Å². The Labute approximate surface area is 157 Å². The highest BCUT2D eigenvalue weighted by Gasteiger charge is 2.22. The number of fused-ring (bicyclic) bond motifs is 1. The van der Waals surface area contributed by atoms with Crippen LogP contribution in [0.2, 0.25) is 0 Å². The second-order valence-electron chi connectivity index (χ2n) is 5.32. The second-order valence-corrected chi connectivity index (χ2v) is 7.51. The molecule has 136 valence electrons. The van der Waals surface area contributed by atoms with Crippen molar-refractivity contribution < 1.29 is 14.3 Å². The van der Waals surface area contributed by atoms with Gasteiger partial charge in [0.1, 0.15) is 21.9 Å². The van der Waals surface area contributed by atoms with Gasteiger partial charge in [0.2, 0.25) is 5.91 Å². The number of esters is 1. The Balaban J connectivity index is 1.71. The van der Waals surface area contributed by atoms with Crippen molar-refractivity contribution >= 4 is 51.1 Å². The molecular weight excluding hydrogens is 374 g/mol. The average Bonchev–Trinajstić information content (AvgIpc) is 3.18. The number of nitrogens with one attached hydrogen (secondary N) is 2. The zero-order chi connectivity index (χ0) is 18.7. The molecule has 26 heavy (non-hydrogen) atoms. The van der Waals surface area contributed by atoms with Crippen molar-refractivity contribution in [2.75, 3.05) is 17.7 Å². The predicted molar refractivity (Wildman–Crippen MR) is 101 cm³/mol. The minimum Gasteiger partial charge on any atom is -0.462 e. The Kier molecular flexibility index (Phi) is 5.52. The van der Waals surface area contributed by atoms with Crippen LogP contribution in [0.3, 0.4) is 0 Å². The number of carbonyl (C=O) groups excluding carboxylic acids is 2. The van der Waals surface area contributed by atoms with E-state index in [1.54, 1.807) is 6.92 Å². The molecule has 0 aromatic carbocycles. The van der Waals surface area contributed by atoms with Gasteiger partial charge in [0.25, 0.3) is 0 Å². The molecule has 0 radical (unpaired) electrons. The van der Waals surface area contributed by atoms with Crippen LogP contribution in [0.5, 0.6) is 0 Å². The molecule has 3 aromatic rings. The number of thioether (sulfide) groups is 1. The maximum atomic E-state index is 12.4. The molecule has 3 heterocycles. The summed E-state index contributed by atoms with van der Waals surface area (Å²) in [6.45, 7) is 5.78. The summed E-state index contributed by atoms with van der Waals surface area (Å²) in [5.41, 5.74) is 2.49. The van der Waals surface area contributed by atoms with Crippen LogP contribution in [0.1, 0.15) is 27.7 Å². The second kappa shape index (κ2) is 7.83. The minimum atomic E-state index is -0.424. The van der Waals surface area contributed by atoms with Crippen LogP contribution in [0.25, 0.3) is 11.2 Å². The van der Waals surface area contributed by atoms with Crippen molar-refractivity contribution in [2.45, 2.75) is 25.8 Å². The van der Waals surface area contributed by atoms with Gasteiger partial charge in [-0.1, -0.05) is 11.8 Å². The van der Waals surface area contributed by atoms with Gasteiger partial charge in [0.15, 0.2) is 5.65 Å². The molecule has 3 rings (SSSR count). The summed E-state index contributed by atoms with van der Waals surface area (Å²) < 4.78 is 5.10. The summed E-state index contributed by atoms with van der Waals surface area (Å²) in [6.07, 6.45) is 2.95. The molecule has 0 aliphatic heterocycles. The standard InChI is InChI=1S/C16H17N5O3S2/c1-4-24-16(23)11-8(2)9(3)26-14(11)21-10(22)5-25-15-12-13(18-6-17-12)19-7-20-15/h6-7H,4-5H2,1-3H3,(H,21,22)(H,17,18,19,20). The largest absolute Gasteiger partial charge is 0.462 e. The smallest absolute Gasteiger partial charge is 0.341 e. The molecule has 0 aliphatic rings. The van der Waals surface area contributed by atoms with Gasteiger partial charge in [-0.25, -0.2) is 19.7 Å². The molecule has 0 atom stereocenters. The Morgan fingerprint density at radius 3 is 2.88 bits per heavy atom. The molecule has 0 unspecified atom stereocenters. The van der Waals surface area contributed by atoms with Crippen molar-refractivity contribution in [1.29, 1.82) is 0 Å². The molecular formula is C16H17N5O3S2. The summed E-state index contributed by atoms with van der Waals surface area (Å²) in [7, 11) is 0. The number of rotatable bonds is 6. The molecule has 10 heteroatoms. The number of carbonyl (C=O) groups is 2. The topological polar surface area (TPSA) is 110 Å². The molecule has 0 spiro atoms. The number of amides is 1. The molecule has 3 aromatic heterocycles. The van der Waals surface area contributed by atoms with Gasteiger partial charge < -0.3 is 15.0 Å². The van der Waals surface area contributed by atoms with Crippen LogP contribution in [0.15, 0.2) is 17.7 Å². The number of thiophene rings is 1.